The molecule has 0 aliphatic rings. The van der Waals surface area contributed by atoms with E-state index in [9.17, 15) is 4.79 Å². The van der Waals surface area contributed by atoms with Gasteiger partial charge >= 0.3 is 6.16 Å². The molecule has 3 nitrogen and oxygen atoms in total. The lowest BCUT2D eigenvalue weighted by molar-refractivity contribution is 0.0577. The van der Waals surface area contributed by atoms with Gasteiger partial charge in [0.2, 0.25) is 0 Å². The normalized spacial score (nSPS) is 11.1. The topological polar surface area (TPSA) is 35.5 Å². The third-order valence-corrected chi connectivity index (χ3v) is 1.81. The summed E-state index contributed by atoms with van der Waals surface area (Å²) >= 11 is 0. The molecule has 0 aromatic carbocycles. The highest BCUT2D eigenvalue weighted by atomic mass is 16.7. The molecule has 0 unspecified atom stereocenters. The molecule has 0 spiro atoms. The number of hydrogen-bond donors (Lipinski definition) is 0. The maximum atomic E-state index is 11.0. The van der Waals surface area contributed by atoms with E-state index in [4.69, 9.17) is 9.47 Å². The van der Waals surface area contributed by atoms with Crippen molar-refractivity contribution in [3.63, 3.8) is 0 Å². The zero-order chi connectivity index (χ0) is 12.1. The fourth-order valence-electron chi connectivity index (χ4n) is 1.03. The van der Waals surface area contributed by atoms with Crippen LogP contribution >= 0.6 is 0 Å². The van der Waals surface area contributed by atoms with Crippen LogP contribution in [0.15, 0.2) is 24.3 Å². The van der Waals surface area contributed by atoms with Crippen molar-refractivity contribution in [3.8, 4) is 0 Å². The van der Waals surface area contributed by atoms with Crippen LogP contribution in [0.1, 0.15) is 39.5 Å². The number of allylic oxidation sites excluding steroid dienone is 2. The zero-order valence-corrected chi connectivity index (χ0v) is 10.3. The van der Waals surface area contributed by atoms with Gasteiger partial charge in [-0.1, -0.05) is 38.2 Å². The summed E-state index contributed by atoms with van der Waals surface area (Å²) in [6.45, 7) is 4.91. The number of hydrogen-bond acceptors (Lipinski definition) is 3. The Morgan fingerprint density at radius 2 is 1.31 bits per heavy atom. The van der Waals surface area contributed by atoms with Crippen LogP contribution in [0, 0.1) is 0 Å². The Morgan fingerprint density at radius 1 is 0.875 bits per heavy atom. The Bertz CT molecular complexity index is 197. The molecule has 16 heavy (non-hydrogen) atoms. The molecule has 0 heterocycles. The first-order valence-electron chi connectivity index (χ1n) is 5.90. The second-order valence-corrected chi connectivity index (χ2v) is 3.28. The van der Waals surface area contributed by atoms with Crippen molar-refractivity contribution in [3.05, 3.63) is 24.3 Å². The minimum Gasteiger partial charge on any atom is -0.434 e. The van der Waals surface area contributed by atoms with Crippen molar-refractivity contribution in [2.75, 3.05) is 13.2 Å². The Morgan fingerprint density at radius 3 is 1.69 bits per heavy atom. The predicted molar refractivity (Wildman–Crippen MR) is 65.4 cm³/mol. The van der Waals surface area contributed by atoms with E-state index in [1.54, 1.807) is 0 Å². The first-order valence-corrected chi connectivity index (χ1v) is 5.90. The lowest BCUT2D eigenvalue weighted by Gasteiger charge is -2.03. The fourth-order valence-corrected chi connectivity index (χ4v) is 1.03. The van der Waals surface area contributed by atoms with Crippen LogP contribution in [0.3, 0.4) is 0 Å². The summed E-state index contributed by atoms with van der Waals surface area (Å²) in [5.74, 6) is 0. The van der Waals surface area contributed by atoms with E-state index < -0.39 is 6.16 Å². The molecule has 0 aliphatic heterocycles. The van der Waals surface area contributed by atoms with Gasteiger partial charge < -0.3 is 9.47 Å². The Hall–Kier alpha value is -1.25. The highest BCUT2D eigenvalue weighted by molar-refractivity contribution is 5.59. The number of ether oxygens (including phenoxy) is 2. The van der Waals surface area contributed by atoms with Crippen molar-refractivity contribution in [2.24, 2.45) is 0 Å². The van der Waals surface area contributed by atoms with E-state index >= 15 is 0 Å². The number of carbonyl (C=O) groups is 1. The van der Waals surface area contributed by atoms with Gasteiger partial charge in [0.15, 0.2) is 0 Å². The van der Waals surface area contributed by atoms with Gasteiger partial charge in [0.25, 0.3) is 0 Å². The highest BCUT2D eigenvalue weighted by Gasteiger charge is 2.00. The molecule has 0 atom stereocenters. The van der Waals surface area contributed by atoms with E-state index in [0.29, 0.717) is 13.2 Å². The summed E-state index contributed by atoms with van der Waals surface area (Å²) in [7, 11) is 0. The van der Waals surface area contributed by atoms with E-state index in [2.05, 4.69) is 13.8 Å². The minimum absolute atomic E-state index is 0.389. The Kier molecular flexibility index (Phi) is 10.9. The lowest BCUT2D eigenvalue weighted by atomic mass is 10.3. The van der Waals surface area contributed by atoms with Crippen molar-refractivity contribution < 1.29 is 14.3 Å². The highest BCUT2D eigenvalue weighted by Crippen LogP contribution is 1.93. The van der Waals surface area contributed by atoms with Crippen molar-refractivity contribution >= 4 is 6.16 Å². The molecule has 3 heteroatoms. The molecule has 0 fully saturated rings. The fraction of sp³-hybridized carbons (Fsp3) is 0.615. The standard InChI is InChI=1S/C13H22O3/c1-3-5-7-9-11-15-13(14)16-12-10-8-6-4-2/h5-8H,3-4,9-12H2,1-2H3/b7-5+,8-6+. The van der Waals surface area contributed by atoms with Gasteiger partial charge in [-0.05, 0) is 25.7 Å². The quantitative estimate of drug-likeness (QED) is 0.358. The van der Waals surface area contributed by atoms with E-state index in [1.807, 2.05) is 24.3 Å². The first kappa shape index (κ1) is 14.8. The smallest absolute Gasteiger partial charge is 0.434 e. The van der Waals surface area contributed by atoms with Gasteiger partial charge in [-0.3, -0.25) is 0 Å². The van der Waals surface area contributed by atoms with Gasteiger partial charge in [-0.25, -0.2) is 4.79 Å². The van der Waals surface area contributed by atoms with Crippen LogP contribution in [-0.4, -0.2) is 19.4 Å². The van der Waals surface area contributed by atoms with Gasteiger partial charge in [0.05, 0.1) is 13.2 Å². The van der Waals surface area contributed by atoms with Crippen LogP contribution in [0.2, 0.25) is 0 Å². The largest absolute Gasteiger partial charge is 0.508 e. The van der Waals surface area contributed by atoms with Crippen molar-refractivity contribution in [2.45, 2.75) is 39.5 Å². The Labute approximate surface area is 98.1 Å². The molecule has 0 rings (SSSR count). The molecular weight excluding hydrogens is 204 g/mol. The van der Waals surface area contributed by atoms with E-state index in [1.165, 1.54) is 0 Å². The molecule has 92 valence electrons. The van der Waals surface area contributed by atoms with Gasteiger partial charge in [-0.2, -0.15) is 0 Å². The maximum absolute atomic E-state index is 11.0. The van der Waals surface area contributed by atoms with Crippen LogP contribution in [0.4, 0.5) is 4.79 Å². The average Bonchev–Trinajstić information content (AvgIpc) is 2.28. The van der Waals surface area contributed by atoms with Crippen LogP contribution in [0.25, 0.3) is 0 Å². The molecule has 0 aliphatic carbocycles. The molecular formula is C13H22O3. The molecule has 0 radical (unpaired) electrons. The summed E-state index contributed by atoms with van der Waals surface area (Å²) in [5.41, 5.74) is 0. The first-order chi connectivity index (χ1) is 7.81. The van der Waals surface area contributed by atoms with Crippen LogP contribution in [0.5, 0.6) is 0 Å². The lowest BCUT2D eigenvalue weighted by Crippen LogP contribution is -2.08. The second kappa shape index (κ2) is 11.8. The molecule has 0 aromatic heterocycles. The third kappa shape index (κ3) is 10.8. The van der Waals surface area contributed by atoms with Crippen molar-refractivity contribution in [1.82, 2.24) is 0 Å². The van der Waals surface area contributed by atoms with E-state index in [-0.39, 0.29) is 0 Å². The molecule has 0 N–H and O–H groups in total. The predicted octanol–water partition coefficient (Wildman–Crippen LogP) is 3.85. The number of carbonyl (C=O) groups excluding carboxylic acids is 1. The van der Waals surface area contributed by atoms with Crippen LogP contribution in [-0.2, 0) is 9.47 Å². The summed E-state index contributed by atoms with van der Waals surface area (Å²) in [4.78, 5) is 11.0. The monoisotopic (exact) mass is 226 g/mol. The summed E-state index contributed by atoms with van der Waals surface area (Å²) in [6, 6.07) is 0. The minimum atomic E-state index is -0.574. The summed E-state index contributed by atoms with van der Waals surface area (Å²) in [6.07, 6.45) is 11.0. The van der Waals surface area contributed by atoms with Crippen LogP contribution < -0.4 is 0 Å². The maximum Gasteiger partial charge on any atom is 0.508 e. The van der Waals surface area contributed by atoms with Gasteiger partial charge in [-0.15, -0.1) is 0 Å². The Balaban J connectivity index is 3.31. The molecule has 0 saturated carbocycles. The average molecular weight is 226 g/mol. The van der Waals surface area contributed by atoms with Crippen molar-refractivity contribution in [1.29, 1.82) is 0 Å². The summed E-state index contributed by atoms with van der Waals surface area (Å²) < 4.78 is 9.72. The van der Waals surface area contributed by atoms with E-state index in [0.717, 1.165) is 25.7 Å². The molecule has 0 amide bonds. The van der Waals surface area contributed by atoms with Gasteiger partial charge in [0, 0.05) is 0 Å². The second-order valence-electron chi connectivity index (χ2n) is 3.28. The summed E-state index contributed by atoms with van der Waals surface area (Å²) in [5, 5.41) is 0. The number of rotatable bonds is 8. The zero-order valence-electron chi connectivity index (χ0n) is 10.3. The molecule has 0 saturated heterocycles. The molecule has 0 aromatic rings. The SMILES string of the molecule is CC/C=C/CCOC(=O)OCC/C=C/CC. The third-order valence-electron chi connectivity index (χ3n) is 1.81. The van der Waals surface area contributed by atoms with Gasteiger partial charge in [0.1, 0.15) is 0 Å². The molecule has 0 bridgehead atoms.